The topological polar surface area (TPSA) is 99.2 Å². The molecule has 0 aliphatic carbocycles. The number of ketones is 1. The van der Waals surface area contributed by atoms with Crippen molar-refractivity contribution in [2.45, 2.75) is 18.7 Å². The van der Waals surface area contributed by atoms with Crippen molar-refractivity contribution >= 4 is 32.4 Å². The number of fused-ring (bicyclic) bond motifs is 1. The van der Waals surface area contributed by atoms with Crippen molar-refractivity contribution in [1.82, 2.24) is 3.97 Å². The summed E-state index contributed by atoms with van der Waals surface area (Å²) < 4.78 is 27.0. The highest BCUT2D eigenvalue weighted by Gasteiger charge is 2.23. The molecule has 7 heteroatoms. The zero-order chi connectivity index (χ0) is 18.4. The Morgan fingerprint density at radius 2 is 1.80 bits per heavy atom. The fourth-order valence-electron chi connectivity index (χ4n) is 2.64. The van der Waals surface area contributed by atoms with Crippen LogP contribution >= 0.6 is 0 Å². The number of pyridine rings is 1. The molecule has 0 fully saturated rings. The van der Waals surface area contributed by atoms with Gasteiger partial charge in [0.25, 0.3) is 15.6 Å². The molecule has 1 heterocycles. The first-order valence-electron chi connectivity index (χ1n) is 7.50. The van der Waals surface area contributed by atoms with Crippen LogP contribution in [0.4, 0.5) is 5.69 Å². The molecule has 1 aromatic heterocycles. The molecule has 0 saturated carbocycles. The Hall–Kier alpha value is -2.93. The lowest BCUT2D eigenvalue weighted by Gasteiger charge is -2.13. The van der Waals surface area contributed by atoms with E-state index < -0.39 is 15.6 Å². The van der Waals surface area contributed by atoms with Crippen LogP contribution in [0.1, 0.15) is 22.8 Å². The Morgan fingerprint density at radius 3 is 2.48 bits per heavy atom. The van der Waals surface area contributed by atoms with Gasteiger partial charge in [-0.2, -0.15) is 3.97 Å². The first-order chi connectivity index (χ1) is 11.7. The average molecular weight is 356 g/mol. The predicted octanol–water partition coefficient (Wildman–Crippen LogP) is 2.33. The minimum atomic E-state index is -4.20. The zero-order valence-corrected chi connectivity index (χ0v) is 14.5. The molecule has 0 bridgehead atoms. The normalized spacial score (nSPS) is 11.6. The van der Waals surface area contributed by atoms with Crippen molar-refractivity contribution in [3.63, 3.8) is 0 Å². The summed E-state index contributed by atoms with van der Waals surface area (Å²) in [4.78, 5) is 24.0. The highest BCUT2D eigenvalue weighted by atomic mass is 32.2. The number of Topliss-reactive ketones (excluding diaryl/α,β-unsaturated/α-hetero) is 1. The molecule has 6 nitrogen and oxygen atoms in total. The third-order valence-corrected chi connectivity index (χ3v) is 5.64. The van der Waals surface area contributed by atoms with Crippen LogP contribution in [0.2, 0.25) is 0 Å². The van der Waals surface area contributed by atoms with Crippen LogP contribution in [0.3, 0.4) is 0 Å². The number of nitrogens with zero attached hydrogens (tertiary/aromatic N) is 1. The molecule has 2 aromatic carbocycles. The summed E-state index contributed by atoms with van der Waals surface area (Å²) >= 11 is 0. The maximum Gasteiger partial charge on any atom is 0.271 e. The molecule has 3 rings (SSSR count). The van der Waals surface area contributed by atoms with Gasteiger partial charge >= 0.3 is 0 Å². The number of aromatic nitrogens is 1. The van der Waals surface area contributed by atoms with Gasteiger partial charge in [0.2, 0.25) is 0 Å². The lowest BCUT2D eigenvalue weighted by molar-refractivity contribution is 0.101. The molecule has 0 spiro atoms. The number of anilines is 1. The minimum Gasteiger partial charge on any atom is -0.399 e. The Morgan fingerprint density at radius 1 is 1.08 bits per heavy atom. The van der Waals surface area contributed by atoms with Crippen molar-refractivity contribution in [3.05, 3.63) is 70.0 Å². The van der Waals surface area contributed by atoms with Crippen LogP contribution in [0.5, 0.6) is 0 Å². The first kappa shape index (κ1) is 16.9. The highest BCUT2D eigenvalue weighted by Crippen LogP contribution is 2.22. The summed E-state index contributed by atoms with van der Waals surface area (Å²) in [6.07, 6.45) is 0. The molecule has 0 aliphatic rings. The van der Waals surface area contributed by atoms with Gasteiger partial charge in [0.15, 0.2) is 5.78 Å². The second kappa shape index (κ2) is 5.86. The van der Waals surface area contributed by atoms with Gasteiger partial charge < -0.3 is 5.73 Å². The van der Waals surface area contributed by atoms with Crippen molar-refractivity contribution in [2.24, 2.45) is 0 Å². The van der Waals surface area contributed by atoms with E-state index in [1.54, 1.807) is 25.1 Å². The molecule has 0 saturated heterocycles. The van der Waals surface area contributed by atoms with Crippen molar-refractivity contribution < 1.29 is 13.2 Å². The van der Waals surface area contributed by atoms with Crippen LogP contribution < -0.4 is 11.3 Å². The summed E-state index contributed by atoms with van der Waals surface area (Å²) in [5, 5.41) is 0.581. The third-order valence-electron chi connectivity index (χ3n) is 3.95. The number of rotatable bonds is 3. The molecule has 2 N–H and O–H groups in total. The summed E-state index contributed by atoms with van der Waals surface area (Å²) in [7, 11) is -4.20. The maximum atomic E-state index is 13.1. The fourth-order valence-corrected chi connectivity index (χ4v) is 4.16. The number of carbonyl (C=O) groups excluding carboxylic acids is 1. The number of carbonyl (C=O) groups is 1. The van der Waals surface area contributed by atoms with Gasteiger partial charge in [-0.15, -0.1) is 0 Å². The van der Waals surface area contributed by atoms with Crippen LogP contribution in [-0.4, -0.2) is 18.2 Å². The largest absolute Gasteiger partial charge is 0.399 e. The number of nitrogens with two attached hydrogens (primary N) is 1. The summed E-state index contributed by atoms with van der Waals surface area (Å²) in [6.45, 7) is 2.90. The minimum absolute atomic E-state index is 0.128. The molecule has 0 unspecified atom stereocenters. The van der Waals surface area contributed by atoms with E-state index in [1.807, 2.05) is 0 Å². The van der Waals surface area contributed by atoms with E-state index >= 15 is 0 Å². The van der Waals surface area contributed by atoms with Gasteiger partial charge in [-0.05, 0) is 49.6 Å². The molecule has 0 amide bonds. The lowest BCUT2D eigenvalue weighted by Crippen LogP contribution is -2.29. The van der Waals surface area contributed by atoms with Crippen LogP contribution in [0, 0.1) is 6.92 Å². The molecular weight excluding hydrogens is 340 g/mol. The van der Waals surface area contributed by atoms with E-state index in [4.69, 9.17) is 5.73 Å². The SMILES string of the molecule is CC(=O)c1cccc(S(=O)(=O)n2c(=O)c(C)cc3ccc(N)cc32)c1. The Kier molecular flexibility index (Phi) is 3.96. The van der Waals surface area contributed by atoms with Crippen molar-refractivity contribution in [1.29, 1.82) is 0 Å². The van der Waals surface area contributed by atoms with E-state index in [0.717, 1.165) is 3.97 Å². The van der Waals surface area contributed by atoms with Crippen molar-refractivity contribution in [3.8, 4) is 0 Å². The van der Waals surface area contributed by atoms with Gasteiger partial charge in [-0.3, -0.25) is 9.59 Å². The quantitative estimate of drug-likeness (QED) is 0.573. The Labute approximate surface area is 144 Å². The first-order valence-corrected chi connectivity index (χ1v) is 8.94. The van der Waals surface area contributed by atoms with Crippen LogP contribution in [0.25, 0.3) is 10.9 Å². The summed E-state index contributed by atoms with van der Waals surface area (Å²) in [6, 6.07) is 12.0. The number of hydrogen-bond acceptors (Lipinski definition) is 5. The van der Waals surface area contributed by atoms with Gasteiger partial charge in [0.1, 0.15) is 0 Å². The number of nitrogen functional groups attached to an aromatic ring is 1. The maximum absolute atomic E-state index is 13.1. The second-order valence-corrected chi connectivity index (χ2v) is 7.59. The molecular formula is C18H16N2O4S. The van der Waals surface area contributed by atoms with Crippen LogP contribution in [-0.2, 0) is 10.0 Å². The predicted molar refractivity (Wildman–Crippen MR) is 96.4 cm³/mol. The standard InChI is InChI=1S/C18H16N2O4S/c1-11-8-14-6-7-15(19)10-17(14)20(18(11)22)25(23,24)16-5-3-4-13(9-16)12(2)21/h3-10H,19H2,1-2H3. The molecule has 0 atom stereocenters. The molecule has 128 valence electrons. The summed E-state index contributed by atoms with van der Waals surface area (Å²) in [5.74, 6) is -0.261. The molecule has 3 aromatic rings. The Balaban J connectivity index is 2.40. The molecule has 0 radical (unpaired) electrons. The molecule has 25 heavy (non-hydrogen) atoms. The second-order valence-electron chi connectivity index (χ2n) is 5.80. The van der Waals surface area contributed by atoms with Gasteiger partial charge in [0.05, 0.1) is 10.4 Å². The zero-order valence-electron chi connectivity index (χ0n) is 13.7. The number of benzene rings is 2. The monoisotopic (exact) mass is 356 g/mol. The van der Waals surface area contributed by atoms with Crippen LogP contribution in [0.15, 0.2) is 58.2 Å². The van der Waals surface area contributed by atoms with E-state index in [2.05, 4.69) is 0 Å². The molecule has 0 aliphatic heterocycles. The van der Waals surface area contributed by atoms with E-state index in [0.29, 0.717) is 16.6 Å². The van der Waals surface area contributed by atoms with Gasteiger partial charge in [0, 0.05) is 16.8 Å². The third kappa shape index (κ3) is 2.83. The average Bonchev–Trinajstić information content (AvgIpc) is 2.56. The Bertz CT molecular complexity index is 1180. The van der Waals surface area contributed by atoms with E-state index in [1.165, 1.54) is 37.3 Å². The summed E-state index contributed by atoms with van der Waals surface area (Å²) in [5.41, 5.74) is 6.22. The highest BCUT2D eigenvalue weighted by molar-refractivity contribution is 7.90. The number of hydrogen-bond donors (Lipinski definition) is 1. The van der Waals surface area contributed by atoms with E-state index in [9.17, 15) is 18.0 Å². The van der Waals surface area contributed by atoms with Gasteiger partial charge in [-0.1, -0.05) is 18.2 Å². The fraction of sp³-hybridized carbons (Fsp3) is 0.111. The lowest BCUT2D eigenvalue weighted by atomic mass is 10.1. The smallest absolute Gasteiger partial charge is 0.271 e. The number of aryl methyl sites for hydroxylation is 1. The van der Waals surface area contributed by atoms with Crippen molar-refractivity contribution in [2.75, 3.05) is 5.73 Å². The van der Waals surface area contributed by atoms with E-state index in [-0.39, 0.29) is 21.8 Å². The van der Waals surface area contributed by atoms with Gasteiger partial charge in [-0.25, -0.2) is 8.42 Å².